The first-order chi connectivity index (χ1) is 10.8. The highest BCUT2D eigenvalue weighted by molar-refractivity contribution is 5.66. The van der Waals surface area contributed by atoms with E-state index in [9.17, 15) is 13.2 Å². The molecule has 0 N–H and O–H groups in total. The Morgan fingerprint density at radius 3 is 2.48 bits per heavy atom. The smallest absolute Gasteiger partial charge is 0.265 e. The molecule has 0 bridgehead atoms. The number of pyridine rings is 1. The van der Waals surface area contributed by atoms with Crippen molar-refractivity contribution in [2.24, 2.45) is 5.92 Å². The highest BCUT2D eigenvalue weighted by atomic mass is 19.4. The first-order valence-electron chi connectivity index (χ1n) is 7.85. The molecular formula is C17H22F3N3. The van der Waals surface area contributed by atoms with Crippen LogP contribution in [0.5, 0.6) is 0 Å². The second-order valence-electron chi connectivity index (χ2n) is 5.83. The standard InChI is InChI=1S/C17H22F3N3/c1-5-13-8-14(7-12(4)17(18,19)20)21-10-15(13)16-11(3)9-22-23(16)6-2/h8-10,12H,5-7H2,1-4H3/t12-/m1/s1. The van der Waals surface area contributed by atoms with Crippen molar-refractivity contribution in [3.63, 3.8) is 0 Å². The molecule has 0 radical (unpaired) electrons. The Labute approximate surface area is 134 Å². The lowest BCUT2D eigenvalue weighted by atomic mass is 9.98. The summed E-state index contributed by atoms with van der Waals surface area (Å²) in [5, 5.41) is 4.33. The maximum Gasteiger partial charge on any atom is 0.391 e. The molecule has 23 heavy (non-hydrogen) atoms. The molecule has 0 unspecified atom stereocenters. The molecule has 0 aliphatic carbocycles. The summed E-state index contributed by atoms with van der Waals surface area (Å²) in [7, 11) is 0. The largest absolute Gasteiger partial charge is 0.391 e. The quantitative estimate of drug-likeness (QED) is 0.806. The van der Waals surface area contributed by atoms with Gasteiger partial charge in [0, 0.05) is 30.4 Å². The molecule has 0 aliphatic rings. The van der Waals surface area contributed by atoms with Gasteiger partial charge in [-0.2, -0.15) is 18.3 Å². The molecule has 2 heterocycles. The molecule has 1 atom stereocenters. The van der Waals surface area contributed by atoms with Crippen LogP contribution in [0.4, 0.5) is 13.2 Å². The predicted molar refractivity (Wildman–Crippen MR) is 84.2 cm³/mol. The van der Waals surface area contributed by atoms with E-state index >= 15 is 0 Å². The van der Waals surface area contributed by atoms with E-state index in [2.05, 4.69) is 10.1 Å². The Balaban J connectivity index is 2.39. The summed E-state index contributed by atoms with van der Waals surface area (Å²) in [4.78, 5) is 4.27. The zero-order valence-electron chi connectivity index (χ0n) is 13.9. The van der Waals surface area contributed by atoms with E-state index < -0.39 is 12.1 Å². The van der Waals surface area contributed by atoms with Crippen molar-refractivity contribution in [1.29, 1.82) is 0 Å². The minimum Gasteiger partial charge on any atom is -0.265 e. The molecule has 0 aromatic carbocycles. The molecule has 0 saturated heterocycles. The number of rotatable bonds is 5. The summed E-state index contributed by atoms with van der Waals surface area (Å²) < 4.78 is 40.1. The molecule has 6 heteroatoms. The van der Waals surface area contributed by atoms with E-state index in [1.54, 1.807) is 18.5 Å². The summed E-state index contributed by atoms with van der Waals surface area (Å²) in [5.74, 6) is -1.39. The van der Waals surface area contributed by atoms with Crippen LogP contribution in [0.2, 0.25) is 0 Å². The molecule has 126 valence electrons. The molecule has 0 amide bonds. The van der Waals surface area contributed by atoms with E-state index in [1.165, 1.54) is 6.92 Å². The van der Waals surface area contributed by atoms with Crippen molar-refractivity contribution in [2.75, 3.05) is 0 Å². The maximum atomic E-state index is 12.7. The number of alkyl halides is 3. The van der Waals surface area contributed by atoms with Gasteiger partial charge in [-0.15, -0.1) is 0 Å². The zero-order valence-corrected chi connectivity index (χ0v) is 13.9. The van der Waals surface area contributed by atoms with Gasteiger partial charge in [0.25, 0.3) is 0 Å². The summed E-state index contributed by atoms with van der Waals surface area (Å²) in [5.41, 5.74) is 4.47. The first kappa shape index (κ1) is 17.5. The van der Waals surface area contributed by atoms with Crippen LogP contribution in [0.15, 0.2) is 18.5 Å². The van der Waals surface area contributed by atoms with Gasteiger partial charge in [-0.1, -0.05) is 13.8 Å². The number of aromatic nitrogens is 3. The van der Waals surface area contributed by atoms with E-state index in [0.717, 1.165) is 35.3 Å². The second-order valence-corrected chi connectivity index (χ2v) is 5.83. The lowest BCUT2D eigenvalue weighted by molar-refractivity contribution is -0.169. The van der Waals surface area contributed by atoms with Gasteiger partial charge in [-0.3, -0.25) is 9.67 Å². The number of hydrogen-bond donors (Lipinski definition) is 0. The van der Waals surface area contributed by atoms with E-state index in [-0.39, 0.29) is 6.42 Å². The molecule has 2 rings (SSSR count). The lowest BCUT2D eigenvalue weighted by Crippen LogP contribution is -2.22. The second kappa shape index (κ2) is 6.72. The normalized spacial score (nSPS) is 13.3. The van der Waals surface area contributed by atoms with Crippen LogP contribution < -0.4 is 0 Å². The Morgan fingerprint density at radius 1 is 1.22 bits per heavy atom. The summed E-state index contributed by atoms with van der Waals surface area (Å²) in [6.07, 6.45) is -0.0577. The summed E-state index contributed by atoms with van der Waals surface area (Å²) in [6, 6.07) is 1.80. The van der Waals surface area contributed by atoms with Crippen molar-refractivity contribution < 1.29 is 13.2 Å². The van der Waals surface area contributed by atoms with Crippen molar-refractivity contribution in [3.05, 3.63) is 35.3 Å². The summed E-state index contributed by atoms with van der Waals surface area (Å²) in [6.45, 7) is 7.91. The minimum absolute atomic E-state index is 0.0944. The fraction of sp³-hybridized carbons (Fsp3) is 0.529. The van der Waals surface area contributed by atoms with Gasteiger partial charge in [0.1, 0.15) is 0 Å². The number of halogens is 3. The highest BCUT2D eigenvalue weighted by Gasteiger charge is 2.36. The SMILES string of the molecule is CCc1cc(C[C@@H](C)C(F)(F)F)ncc1-c1c(C)cnn1CC. The monoisotopic (exact) mass is 325 g/mol. The van der Waals surface area contributed by atoms with Crippen LogP contribution in [0.25, 0.3) is 11.3 Å². The van der Waals surface area contributed by atoms with Crippen LogP contribution in [-0.4, -0.2) is 20.9 Å². The van der Waals surface area contributed by atoms with Gasteiger partial charge in [-0.25, -0.2) is 0 Å². The molecule has 0 spiro atoms. The molecule has 2 aromatic rings. The Bertz CT molecular complexity index is 674. The van der Waals surface area contributed by atoms with Crippen molar-refractivity contribution >= 4 is 0 Å². The minimum atomic E-state index is -4.19. The average Bonchev–Trinajstić information content (AvgIpc) is 2.87. The zero-order chi connectivity index (χ0) is 17.2. The van der Waals surface area contributed by atoms with Gasteiger partial charge in [0.05, 0.1) is 17.8 Å². The van der Waals surface area contributed by atoms with Crippen molar-refractivity contribution in [2.45, 2.75) is 53.3 Å². The fourth-order valence-corrected chi connectivity index (χ4v) is 2.66. The van der Waals surface area contributed by atoms with Gasteiger partial charge < -0.3 is 0 Å². The molecule has 3 nitrogen and oxygen atoms in total. The van der Waals surface area contributed by atoms with Crippen LogP contribution >= 0.6 is 0 Å². The van der Waals surface area contributed by atoms with Crippen LogP contribution in [0, 0.1) is 12.8 Å². The summed E-state index contributed by atoms with van der Waals surface area (Å²) >= 11 is 0. The van der Waals surface area contributed by atoms with E-state index in [0.29, 0.717) is 5.69 Å². The topological polar surface area (TPSA) is 30.7 Å². The highest BCUT2D eigenvalue weighted by Crippen LogP contribution is 2.31. The molecule has 0 saturated carbocycles. The first-order valence-corrected chi connectivity index (χ1v) is 7.85. The van der Waals surface area contributed by atoms with Crippen LogP contribution in [-0.2, 0) is 19.4 Å². The van der Waals surface area contributed by atoms with Crippen LogP contribution in [0.3, 0.4) is 0 Å². The Hall–Kier alpha value is -1.85. The Morgan fingerprint density at radius 2 is 1.91 bits per heavy atom. The third-order valence-corrected chi connectivity index (χ3v) is 4.08. The molecule has 2 aromatic heterocycles. The van der Waals surface area contributed by atoms with Gasteiger partial charge in [0.2, 0.25) is 0 Å². The van der Waals surface area contributed by atoms with Crippen molar-refractivity contribution in [3.8, 4) is 11.3 Å². The molecule has 0 fully saturated rings. The van der Waals surface area contributed by atoms with Gasteiger partial charge >= 0.3 is 6.18 Å². The lowest BCUT2D eigenvalue weighted by Gasteiger charge is -2.17. The van der Waals surface area contributed by atoms with E-state index in [1.807, 2.05) is 25.5 Å². The van der Waals surface area contributed by atoms with Gasteiger partial charge in [-0.05, 0) is 37.5 Å². The third kappa shape index (κ3) is 3.74. The Kier molecular flexibility index (Phi) is 5.12. The fourth-order valence-electron chi connectivity index (χ4n) is 2.66. The molecule has 0 aliphatic heterocycles. The van der Waals surface area contributed by atoms with E-state index in [4.69, 9.17) is 0 Å². The van der Waals surface area contributed by atoms with Gasteiger partial charge in [0.15, 0.2) is 0 Å². The number of aryl methyl sites for hydroxylation is 3. The van der Waals surface area contributed by atoms with Crippen LogP contribution in [0.1, 0.15) is 37.6 Å². The van der Waals surface area contributed by atoms with Crippen molar-refractivity contribution in [1.82, 2.24) is 14.8 Å². The molecular weight excluding hydrogens is 303 g/mol. The average molecular weight is 325 g/mol. The maximum absolute atomic E-state index is 12.7. The predicted octanol–water partition coefficient (Wildman–Crippen LogP) is 4.58. The number of nitrogens with zero attached hydrogens (tertiary/aromatic N) is 3. The number of hydrogen-bond acceptors (Lipinski definition) is 2. The third-order valence-electron chi connectivity index (χ3n) is 4.08.